The van der Waals surface area contributed by atoms with Crippen molar-refractivity contribution in [2.24, 2.45) is 4.99 Å². The van der Waals surface area contributed by atoms with E-state index in [2.05, 4.69) is 15.6 Å². The second-order valence-electron chi connectivity index (χ2n) is 4.98. The molecular weight excluding hydrogens is 391 g/mol. The Bertz CT molecular complexity index is 481. The Morgan fingerprint density at radius 2 is 1.95 bits per heavy atom. The van der Waals surface area contributed by atoms with Gasteiger partial charge in [0.05, 0.1) is 5.60 Å². The standard InChI is InChI=1S/C14H21F2N3O.HI/c1-14(2,20-4)9-19-13(17-3)18-8-10-7-11(15)5-6-12(10)16;/h5-7H,8-9H2,1-4H3,(H2,17,18,19);1H. The Morgan fingerprint density at radius 1 is 1.29 bits per heavy atom. The van der Waals surface area contributed by atoms with Gasteiger partial charge < -0.3 is 15.4 Å². The smallest absolute Gasteiger partial charge is 0.191 e. The van der Waals surface area contributed by atoms with Crippen molar-refractivity contribution < 1.29 is 13.5 Å². The average Bonchev–Trinajstić information content (AvgIpc) is 2.42. The summed E-state index contributed by atoms with van der Waals surface area (Å²) in [5.74, 6) is -0.419. The van der Waals surface area contributed by atoms with E-state index in [1.807, 2.05) is 13.8 Å². The van der Waals surface area contributed by atoms with Gasteiger partial charge in [0.2, 0.25) is 0 Å². The molecule has 0 spiro atoms. The fraction of sp³-hybridized carbons (Fsp3) is 0.500. The minimum atomic E-state index is -0.466. The monoisotopic (exact) mass is 413 g/mol. The Hall–Kier alpha value is -0.960. The van der Waals surface area contributed by atoms with E-state index in [9.17, 15) is 8.78 Å². The molecule has 0 aromatic heterocycles. The van der Waals surface area contributed by atoms with E-state index in [-0.39, 0.29) is 41.7 Å². The molecular formula is C14H22F2IN3O. The molecule has 0 heterocycles. The van der Waals surface area contributed by atoms with E-state index in [1.54, 1.807) is 14.2 Å². The van der Waals surface area contributed by atoms with Crippen molar-refractivity contribution in [1.82, 2.24) is 10.6 Å². The molecule has 0 aliphatic heterocycles. The number of ether oxygens (including phenoxy) is 1. The maximum absolute atomic E-state index is 13.5. The molecule has 1 aromatic carbocycles. The molecule has 7 heteroatoms. The zero-order chi connectivity index (χ0) is 15.2. The molecule has 0 radical (unpaired) electrons. The molecule has 1 rings (SSSR count). The molecule has 0 aliphatic rings. The first-order chi connectivity index (χ1) is 9.38. The third kappa shape index (κ3) is 7.03. The third-order valence-corrected chi connectivity index (χ3v) is 2.91. The first-order valence-corrected chi connectivity index (χ1v) is 6.31. The summed E-state index contributed by atoms with van der Waals surface area (Å²) < 4.78 is 31.8. The number of methoxy groups -OCH3 is 1. The summed E-state index contributed by atoms with van der Waals surface area (Å²) in [7, 11) is 3.23. The number of guanidine groups is 1. The van der Waals surface area contributed by atoms with Gasteiger partial charge in [-0.15, -0.1) is 24.0 Å². The van der Waals surface area contributed by atoms with Crippen molar-refractivity contribution in [3.63, 3.8) is 0 Å². The van der Waals surface area contributed by atoms with E-state index < -0.39 is 11.6 Å². The van der Waals surface area contributed by atoms with Gasteiger partial charge in [0.1, 0.15) is 11.6 Å². The van der Waals surface area contributed by atoms with Crippen LogP contribution >= 0.6 is 24.0 Å². The van der Waals surface area contributed by atoms with Crippen LogP contribution in [0.4, 0.5) is 8.78 Å². The molecule has 21 heavy (non-hydrogen) atoms. The lowest BCUT2D eigenvalue weighted by Gasteiger charge is -2.24. The summed E-state index contributed by atoms with van der Waals surface area (Å²) in [6.45, 7) is 4.55. The second-order valence-corrected chi connectivity index (χ2v) is 4.98. The molecule has 0 saturated carbocycles. The average molecular weight is 413 g/mol. The summed E-state index contributed by atoms with van der Waals surface area (Å²) in [6.07, 6.45) is 0. The molecule has 1 aromatic rings. The summed E-state index contributed by atoms with van der Waals surface area (Å²) in [5, 5.41) is 5.99. The fourth-order valence-corrected chi connectivity index (χ4v) is 1.45. The minimum Gasteiger partial charge on any atom is -0.377 e. The van der Waals surface area contributed by atoms with Gasteiger partial charge in [-0.3, -0.25) is 4.99 Å². The van der Waals surface area contributed by atoms with E-state index in [0.717, 1.165) is 18.2 Å². The van der Waals surface area contributed by atoms with Gasteiger partial charge in [0.25, 0.3) is 0 Å². The number of aliphatic imine (C=N–C) groups is 1. The highest BCUT2D eigenvalue weighted by atomic mass is 127. The molecule has 0 aliphatic carbocycles. The first kappa shape index (κ1) is 20.0. The van der Waals surface area contributed by atoms with Gasteiger partial charge >= 0.3 is 0 Å². The van der Waals surface area contributed by atoms with Crippen LogP contribution in [0.1, 0.15) is 19.4 Å². The van der Waals surface area contributed by atoms with Crippen LogP contribution in [-0.2, 0) is 11.3 Å². The number of nitrogens with zero attached hydrogens (tertiary/aromatic N) is 1. The van der Waals surface area contributed by atoms with E-state index >= 15 is 0 Å². The zero-order valence-electron chi connectivity index (χ0n) is 12.7. The van der Waals surface area contributed by atoms with Crippen LogP contribution in [0.2, 0.25) is 0 Å². The van der Waals surface area contributed by atoms with Crippen LogP contribution in [0, 0.1) is 11.6 Å². The Kier molecular flexibility index (Phi) is 8.72. The van der Waals surface area contributed by atoms with E-state index in [1.165, 1.54) is 0 Å². The largest absolute Gasteiger partial charge is 0.377 e. The van der Waals surface area contributed by atoms with Gasteiger partial charge in [-0.2, -0.15) is 0 Å². The fourth-order valence-electron chi connectivity index (χ4n) is 1.45. The molecule has 0 amide bonds. The third-order valence-electron chi connectivity index (χ3n) is 2.91. The summed E-state index contributed by atoms with van der Waals surface area (Å²) in [6, 6.07) is 3.36. The predicted molar refractivity (Wildman–Crippen MR) is 91.1 cm³/mol. The summed E-state index contributed by atoms with van der Waals surface area (Å²) in [4.78, 5) is 4.02. The number of nitrogens with one attached hydrogen (secondary N) is 2. The number of rotatable bonds is 5. The van der Waals surface area contributed by atoms with Crippen LogP contribution in [-0.4, -0.2) is 32.3 Å². The molecule has 120 valence electrons. The van der Waals surface area contributed by atoms with Gasteiger partial charge in [0, 0.05) is 32.8 Å². The molecule has 0 saturated heterocycles. The summed E-state index contributed by atoms with van der Waals surface area (Å²) in [5.41, 5.74) is -0.0965. The van der Waals surface area contributed by atoms with Gasteiger partial charge in [-0.25, -0.2) is 8.78 Å². The van der Waals surface area contributed by atoms with Gasteiger partial charge in [0.15, 0.2) is 5.96 Å². The number of benzene rings is 1. The van der Waals surface area contributed by atoms with Crippen molar-refractivity contribution in [3.05, 3.63) is 35.4 Å². The zero-order valence-corrected chi connectivity index (χ0v) is 15.0. The van der Waals surface area contributed by atoms with E-state index in [0.29, 0.717) is 12.5 Å². The summed E-state index contributed by atoms with van der Waals surface area (Å²) >= 11 is 0. The lowest BCUT2D eigenvalue weighted by Crippen LogP contribution is -2.45. The highest BCUT2D eigenvalue weighted by molar-refractivity contribution is 14.0. The van der Waals surface area contributed by atoms with Crippen molar-refractivity contribution in [2.75, 3.05) is 20.7 Å². The maximum Gasteiger partial charge on any atom is 0.191 e. The topological polar surface area (TPSA) is 45.7 Å². The normalized spacial score (nSPS) is 11.8. The van der Waals surface area contributed by atoms with Gasteiger partial charge in [-0.1, -0.05) is 0 Å². The maximum atomic E-state index is 13.5. The first-order valence-electron chi connectivity index (χ1n) is 6.31. The van der Waals surface area contributed by atoms with Crippen LogP contribution in [0.15, 0.2) is 23.2 Å². The lowest BCUT2D eigenvalue weighted by atomic mass is 10.1. The predicted octanol–water partition coefficient (Wildman–Crippen LogP) is 2.67. The number of halogens is 3. The second kappa shape index (κ2) is 9.14. The Balaban J connectivity index is 0.00000400. The molecule has 0 atom stereocenters. The van der Waals surface area contributed by atoms with Crippen LogP contribution < -0.4 is 10.6 Å². The highest BCUT2D eigenvalue weighted by Gasteiger charge is 2.16. The quantitative estimate of drug-likeness (QED) is 0.444. The Morgan fingerprint density at radius 3 is 2.52 bits per heavy atom. The molecule has 0 bridgehead atoms. The van der Waals surface area contributed by atoms with Crippen molar-refractivity contribution in [3.8, 4) is 0 Å². The van der Waals surface area contributed by atoms with Crippen LogP contribution in [0.3, 0.4) is 0 Å². The lowest BCUT2D eigenvalue weighted by molar-refractivity contribution is 0.0268. The van der Waals surface area contributed by atoms with Crippen molar-refractivity contribution in [2.45, 2.75) is 26.0 Å². The van der Waals surface area contributed by atoms with Crippen molar-refractivity contribution >= 4 is 29.9 Å². The number of hydrogen-bond donors (Lipinski definition) is 2. The SMILES string of the molecule is CN=C(NCc1cc(F)ccc1F)NCC(C)(C)OC.I. The molecule has 0 unspecified atom stereocenters. The Labute approximate surface area is 141 Å². The van der Waals surface area contributed by atoms with Crippen molar-refractivity contribution in [1.29, 1.82) is 0 Å². The van der Waals surface area contributed by atoms with E-state index in [4.69, 9.17) is 4.74 Å². The number of hydrogen-bond acceptors (Lipinski definition) is 2. The molecule has 4 nitrogen and oxygen atoms in total. The molecule has 2 N–H and O–H groups in total. The highest BCUT2D eigenvalue weighted by Crippen LogP contribution is 2.09. The van der Waals surface area contributed by atoms with Crippen LogP contribution in [0.25, 0.3) is 0 Å². The molecule has 0 fully saturated rings. The minimum absolute atomic E-state index is 0. The van der Waals surface area contributed by atoms with Crippen LogP contribution in [0.5, 0.6) is 0 Å². The van der Waals surface area contributed by atoms with Gasteiger partial charge in [-0.05, 0) is 32.0 Å².